The van der Waals surface area contributed by atoms with Gasteiger partial charge in [0.2, 0.25) is 10.0 Å². The lowest BCUT2D eigenvalue weighted by Gasteiger charge is -2.42. The fourth-order valence-corrected chi connectivity index (χ4v) is 5.77. The Hall–Kier alpha value is -2.28. The van der Waals surface area contributed by atoms with E-state index in [1.807, 2.05) is 0 Å². The first-order valence-electron chi connectivity index (χ1n) is 9.91. The van der Waals surface area contributed by atoms with Crippen molar-refractivity contribution in [3.63, 3.8) is 0 Å². The number of hydrogen-bond donors (Lipinski definition) is 3. The van der Waals surface area contributed by atoms with Crippen molar-refractivity contribution in [2.24, 2.45) is 0 Å². The van der Waals surface area contributed by atoms with Crippen molar-refractivity contribution in [1.29, 1.82) is 0 Å². The quantitative estimate of drug-likeness (QED) is 0.523. The topological polar surface area (TPSA) is 98.2 Å². The number of aliphatic hydroxyl groups is 1. The summed E-state index contributed by atoms with van der Waals surface area (Å²) >= 11 is 4.21. The number of benzene rings is 2. The molecule has 1 fully saturated rings. The molecule has 7 nitrogen and oxygen atoms in total. The summed E-state index contributed by atoms with van der Waals surface area (Å²) < 4.78 is 66.7. The number of alkyl halides is 3. The molecule has 0 amide bonds. The minimum atomic E-state index is -4.87. The van der Waals surface area contributed by atoms with Crippen molar-refractivity contribution in [2.45, 2.75) is 41.0 Å². The molecule has 1 aliphatic heterocycles. The first-order valence-corrected chi connectivity index (χ1v) is 11.8. The Kier molecular flexibility index (Phi) is 7.04. The third-order valence-corrected chi connectivity index (χ3v) is 8.12. The van der Waals surface area contributed by atoms with Crippen LogP contribution in [0.4, 0.5) is 18.9 Å². The number of rotatable bonds is 6. The summed E-state index contributed by atoms with van der Waals surface area (Å²) in [5.74, 6) is -1.14. The van der Waals surface area contributed by atoms with Crippen LogP contribution < -0.4 is 4.90 Å². The number of carboxylic acids is 1. The van der Waals surface area contributed by atoms with Crippen molar-refractivity contribution < 1.29 is 36.6 Å². The molecule has 1 heterocycles. The van der Waals surface area contributed by atoms with Crippen LogP contribution in [0.1, 0.15) is 18.9 Å². The number of halogens is 3. The monoisotopic (exact) mass is 504 g/mol. The summed E-state index contributed by atoms with van der Waals surface area (Å²) in [5.41, 5.74) is -2.98. The van der Waals surface area contributed by atoms with E-state index in [9.17, 15) is 36.6 Å². The molecule has 2 N–H and O–H groups in total. The minimum absolute atomic E-state index is 0.00888. The summed E-state index contributed by atoms with van der Waals surface area (Å²) in [6.45, 7) is 0.695. The SMILES string of the molecule is CC(O)(c1ccc(N2CCN(S(=O)(=O)c3ccccc3S)C[C@@H]2CC(=O)O)cc1)C(F)(F)F. The normalized spacial score (nSPS) is 19.8. The Morgan fingerprint density at radius 1 is 1.12 bits per heavy atom. The number of anilines is 1. The van der Waals surface area contributed by atoms with Crippen LogP contribution in [-0.4, -0.2) is 60.8 Å². The Balaban J connectivity index is 1.88. The highest BCUT2D eigenvalue weighted by molar-refractivity contribution is 7.90. The third kappa shape index (κ3) is 5.13. The predicted molar refractivity (Wildman–Crippen MR) is 118 cm³/mol. The van der Waals surface area contributed by atoms with Crippen LogP contribution in [0.3, 0.4) is 0 Å². The van der Waals surface area contributed by atoms with E-state index in [1.54, 1.807) is 23.1 Å². The van der Waals surface area contributed by atoms with Crippen molar-refractivity contribution in [1.82, 2.24) is 4.31 Å². The van der Waals surface area contributed by atoms with Crippen LogP contribution in [0.15, 0.2) is 58.3 Å². The van der Waals surface area contributed by atoms with Crippen molar-refractivity contribution >= 4 is 34.3 Å². The number of nitrogens with zero attached hydrogens (tertiary/aromatic N) is 2. The summed E-state index contributed by atoms with van der Waals surface area (Å²) in [6.07, 6.45) is -5.25. The van der Waals surface area contributed by atoms with Gasteiger partial charge in [-0.3, -0.25) is 4.79 Å². The Morgan fingerprint density at radius 3 is 2.27 bits per heavy atom. The van der Waals surface area contributed by atoms with E-state index in [0.29, 0.717) is 12.6 Å². The molecule has 180 valence electrons. The largest absolute Gasteiger partial charge is 0.481 e. The third-order valence-electron chi connectivity index (χ3n) is 5.65. The van der Waals surface area contributed by atoms with Gasteiger partial charge in [0.15, 0.2) is 5.60 Å². The van der Waals surface area contributed by atoms with Crippen molar-refractivity contribution in [2.75, 3.05) is 24.5 Å². The number of carboxylic acid groups (broad SMARTS) is 1. The molecule has 3 rings (SSSR count). The lowest BCUT2D eigenvalue weighted by atomic mass is 9.95. The first kappa shape index (κ1) is 25.3. The zero-order valence-electron chi connectivity index (χ0n) is 17.5. The Labute approximate surface area is 194 Å². The van der Waals surface area contributed by atoms with Crippen molar-refractivity contribution in [3.8, 4) is 0 Å². The van der Waals surface area contributed by atoms with Crippen LogP contribution in [-0.2, 0) is 20.4 Å². The molecule has 2 aromatic carbocycles. The van der Waals surface area contributed by atoms with Crippen LogP contribution >= 0.6 is 12.6 Å². The van der Waals surface area contributed by atoms with Gasteiger partial charge in [-0.25, -0.2) is 8.42 Å². The van der Waals surface area contributed by atoms with E-state index in [2.05, 4.69) is 12.6 Å². The number of piperazine rings is 1. The molecule has 0 aliphatic carbocycles. The molecule has 1 unspecified atom stereocenters. The second-order valence-electron chi connectivity index (χ2n) is 7.89. The lowest BCUT2D eigenvalue weighted by molar-refractivity contribution is -0.258. The molecule has 2 atom stereocenters. The molecule has 2 aromatic rings. The standard InChI is InChI=1S/C21H23F3N2O5S2/c1-20(29,21(22,23)24)14-6-8-15(9-7-14)26-11-10-25(13-16(26)12-19(27)28)33(30,31)18-5-3-2-4-17(18)32/h2-9,16,29,32H,10-13H2,1H3,(H,27,28)/t16-,20?/m0/s1. The number of thiol groups is 1. The maximum absolute atomic E-state index is 13.1. The summed E-state index contributed by atoms with van der Waals surface area (Å²) in [7, 11) is -3.93. The number of aliphatic carboxylic acids is 1. The van der Waals surface area contributed by atoms with Gasteiger partial charge in [0, 0.05) is 30.2 Å². The van der Waals surface area contributed by atoms with E-state index in [0.717, 1.165) is 12.1 Å². The molecular weight excluding hydrogens is 481 g/mol. The fraction of sp³-hybridized carbons (Fsp3) is 0.381. The highest BCUT2D eigenvalue weighted by Crippen LogP contribution is 2.39. The number of hydrogen-bond acceptors (Lipinski definition) is 6. The molecule has 0 spiro atoms. The number of sulfonamides is 1. The summed E-state index contributed by atoms with van der Waals surface area (Å²) in [4.78, 5) is 13.4. The van der Waals surface area contributed by atoms with Gasteiger partial charge in [-0.1, -0.05) is 24.3 Å². The highest BCUT2D eigenvalue weighted by atomic mass is 32.2. The molecule has 12 heteroatoms. The van der Waals surface area contributed by atoms with Gasteiger partial charge in [0.05, 0.1) is 17.4 Å². The fourth-order valence-electron chi connectivity index (χ4n) is 3.72. The Morgan fingerprint density at radius 2 is 1.73 bits per heavy atom. The average molecular weight is 505 g/mol. The molecule has 1 aliphatic rings. The first-order chi connectivity index (χ1) is 15.2. The summed E-state index contributed by atoms with van der Waals surface area (Å²) in [5, 5.41) is 19.2. The van der Waals surface area contributed by atoms with Gasteiger partial charge in [0.1, 0.15) is 0 Å². The zero-order valence-corrected chi connectivity index (χ0v) is 19.2. The molecule has 33 heavy (non-hydrogen) atoms. The van der Waals surface area contributed by atoms with Gasteiger partial charge in [-0.15, -0.1) is 12.6 Å². The molecule has 0 saturated carbocycles. The second kappa shape index (κ2) is 9.16. The molecule has 1 saturated heterocycles. The van der Waals surface area contributed by atoms with E-state index >= 15 is 0 Å². The van der Waals surface area contributed by atoms with Crippen molar-refractivity contribution in [3.05, 3.63) is 54.1 Å². The van der Waals surface area contributed by atoms with E-state index in [1.165, 1.54) is 22.5 Å². The molecule has 0 bridgehead atoms. The van der Waals surface area contributed by atoms with Gasteiger partial charge in [0.25, 0.3) is 0 Å². The smallest absolute Gasteiger partial charge is 0.421 e. The second-order valence-corrected chi connectivity index (χ2v) is 10.3. The van der Waals surface area contributed by atoms with Crippen LogP contribution in [0.5, 0.6) is 0 Å². The molecule has 0 radical (unpaired) electrons. The van der Waals surface area contributed by atoms with Crippen LogP contribution in [0.25, 0.3) is 0 Å². The highest BCUT2D eigenvalue weighted by Gasteiger charge is 2.51. The zero-order chi connectivity index (χ0) is 24.6. The lowest BCUT2D eigenvalue weighted by Crippen LogP contribution is -2.55. The minimum Gasteiger partial charge on any atom is -0.481 e. The van der Waals surface area contributed by atoms with Gasteiger partial charge >= 0.3 is 12.1 Å². The van der Waals surface area contributed by atoms with Crippen LogP contribution in [0.2, 0.25) is 0 Å². The summed E-state index contributed by atoms with van der Waals surface area (Å²) in [6, 6.07) is 10.4. The van der Waals surface area contributed by atoms with E-state index in [4.69, 9.17) is 0 Å². The van der Waals surface area contributed by atoms with Gasteiger partial charge in [-0.2, -0.15) is 17.5 Å². The van der Waals surface area contributed by atoms with E-state index in [-0.39, 0.29) is 41.4 Å². The van der Waals surface area contributed by atoms with Crippen LogP contribution in [0, 0.1) is 0 Å². The molecular formula is C21H23F3N2O5S2. The van der Waals surface area contributed by atoms with Gasteiger partial charge < -0.3 is 15.1 Å². The predicted octanol–water partition coefficient (Wildman–Crippen LogP) is 3.10. The molecule has 0 aromatic heterocycles. The maximum atomic E-state index is 13.1. The maximum Gasteiger partial charge on any atom is 0.421 e. The van der Waals surface area contributed by atoms with Gasteiger partial charge in [-0.05, 0) is 36.8 Å². The Bertz CT molecular complexity index is 1120. The number of carbonyl (C=O) groups is 1. The van der Waals surface area contributed by atoms with E-state index < -0.39 is 33.8 Å². The average Bonchev–Trinajstić information content (AvgIpc) is 2.73.